The highest BCUT2D eigenvalue weighted by atomic mass is 79.9. The molecule has 0 bridgehead atoms. The van der Waals surface area contributed by atoms with Gasteiger partial charge >= 0.3 is 0 Å². The number of carbonyl (C=O) groups is 1. The second-order valence-electron chi connectivity index (χ2n) is 5.87. The minimum Gasteiger partial charge on any atom is -0.356 e. The van der Waals surface area contributed by atoms with Gasteiger partial charge in [0.05, 0.1) is 0 Å². The molecular weight excluding hydrogens is 356 g/mol. The van der Waals surface area contributed by atoms with E-state index in [4.69, 9.17) is 0 Å². The molecule has 0 radical (unpaired) electrons. The molecule has 1 aromatic rings. The van der Waals surface area contributed by atoms with Gasteiger partial charge in [-0.25, -0.2) is 0 Å². The summed E-state index contributed by atoms with van der Waals surface area (Å²) in [5.41, 5.74) is 1.88. The molecule has 0 aromatic heterocycles. The van der Waals surface area contributed by atoms with E-state index >= 15 is 0 Å². The molecule has 0 aliphatic carbocycles. The summed E-state index contributed by atoms with van der Waals surface area (Å²) in [7, 11) is 1.73. The Morgan fingerprint density at radius 3 is 2.61 bits per heavy atom. The van der Waals surface area contributed by atoms with Crippen LogP contribution in [-0.4, -0.2) is 32.0 Å². The molecule has 0 aliphatic heterocycles. The van der Waals surface area contributed by atoms with Crippen LogP contribution in [-0.2, 0) is 4.79 Å². The van der Waals surface area contributed by atoms with Gasteiger partial charge in [-0.15, -0.1) is 0 Å². The first-order chi connectivity index (χ1) is 10.9. The lowest BCUT2D eigenvalue weighted by atomic mass is 10.1. The summed E-state index contributed by atoms with van der Waals surface area (Å²) in [6, 6.07) is 5.84. The minimum absolute atomic E-state index is 0.0173. The van der Waals surface area contributed by atoms with Crippen LogP contribution in [0.4, 0.5) is 5.69 Å². The Bertz CT molecular complexity index is 543. The number of halogens is 1. The lowest BCUT2D eigenvalue weighted by Gasteiger charge is -2.13. The zero-order valence-corrected chi connectivity index (χ0v) is 16.0. The van der Waals surface area contributed by atoms with Gasteiger partial charge in [-0.3, -0.25) is 9.79 Å². The van der Waals surface area contributed by atoms with Crippen LogP contribution in [0.5, 0.6) is 0 Å². The Morgan fingerprint density at radius 2 is 1.96 bits per heavy atom. The van der Waals surface area contributed by atoms with E-state index in [1.807, 2.05) is 25.1 Å². The van der Waals surface area contributed by atoms with Crippen molar-refractivity contribution in [3.63, 3.8) is 0 Å². The fraction of sp³-hybridized carbons (Fsp3) is 0.529. The van der Waals surface area contributed by atoms with Crippen molar-refractivity contribution in [3.8, 4) is 0 Å². The maximum atomic E-state index is 12.0. The first-order valence-corrected chi connectivity index (χ1v) is 8.72. The molecule has 0 atom stereocenters. The standard InChI is InChI=1S/C17H27BrN4O/c1-12(2)7-9-20-17(19-4)21-10-8-16(23)22-15-11-14(18)6-5-13(15)3/h5-6,11-12H,7-10H2,1-4H3,(H,22,23)(H2,19,20,21). The molecule has 0 unspecified atom stereocenters. The smallest absolute Gasteiger partial charge is 0.226 e. The number of hydrogen-bond donors (Lipinski definition) is 3. The zero-order valence-electron chi connectivity index (χ0n) is 14.4. The number of anilines is 1. The molecule has 128 valence electrons. The third-order valence-corrected chi connectivity index (χ3v) is 3.85. The lowest BCUT2D eigenvalue weighted by molar-refractivity contribution is -0.116. The van der Waals surface area contributed by atoms with Gasteiger partial charge in [0.1, 0.15) is 0 Å². The molecule has 0 saturated carbocycles. The predicted octanol–water partition coefficient (Wildman–Crippen LogP) is 3.30. The Labute approximate surface area is 147 Å². The van der Waals surface area contributed by atoms with E-state index in [1.54, 1.807) is 7.05 Å². The molecule has 1 amide bonds. The van der Waals surface area contributed by atoms with Crippen molar-refractivity contribution in [2.24, 2.45) is 10.9 Å². The van der Waals surface area contributed by atoms with Gasteiger partial charge < -0.3 is 16.0 Å². The summed E-state index contributed by atoms with van der Waals surface area (Å²) in [4.78, 5) is 16.2. The minimum atomic E-state index is -0.0173. The van der Waals surface area contributed by atoms with Gasteiger partial charge in [0, 0.05) is 36.7 Å². The first kappa shape index (κ1) is 19.5. The largest absolute Gasteiger partial charge is 0.356 e. The number of guanidine groups is 1. The van der Waals surface area contributed by atoms with Crippen molar-refractivity contribution < 1.29 is 4.79 Å². The fourth-order valence-electron chi connectivity index (χ4n) is 1.94. The Kier molecular flexibility index (Phi) is 8.69. The number of amides is 1. The molecule has 0 heterocycles. The maximum Gasteiger partial charge on any atom is 0.226 e. The third-order valence-electron chi connectivity index (χ3n) is 3.36. The molecule has 1 rings (SSSR count). The van der Waals surface area contributed by atoms with Crippen LogP contribution >= 0.6 is 15.9 Å². The molecule has 6 heteroatoms. The van der Waals surface area contributed by atoms with Crippen LogP contribution in [0, 0.1) is 12.8 Å². The summed E-state index contributed by atoms with van der Waals surface area (Å²) in [5, 5.41) is 9.33. The number of nitrogens with one attached hydrogen (secondary N) is 3. The van der Waals surface area contributed by atoms with Gasteiger partial charge in [0.15, 0.2) is 5.96 Å². The van der Waals surface area contributed by atoms with Crippen LogP contribution in [0.2, 0.25) is 0 Å². The zero-order chi connectivity index (χ0) is 17.2. The molecule has 0 aliphatic rings. The highest BCUT2D eigenvalue weighted by Crippen LogP contribution is 2.20. The van der Waals surface area contributed by atoms with Gasteiger partial charge in [0.2, 0.25) is 5.91 Å². The number of aryl methyl sites for hydroxylation is 1. The maximum absolute atomic E-state index is 12.0. The molecule has 5 nitrogen and oxygen atoms in total. The third kappa shape index (κ3) is 8.02. The van der Waals surface area contributed by atoms with Gasteiger partial charge in [-0.1, -0.05) is 35.8 Å². The molecule has 0 spiro atoms. The van der Waals surface area contributed by atoms with E-state index in [0.29, 0.717) is 18.9 Å². The van der Waals surface area contributed by atoms with E-state index in [9.17, 15) is 4.79 Å². The van der Waals surface area contributed by atoms with Crippen LogP contribution in [0.1, 0.15) is 32.3 Å². The molecule has 1 aromatic carbocycles. The average molecular weight is 383 g/mol. The molecule has 23 heavy (non-hydrogen) atoms. The normalized spacial score (nSPS) is 11.5. The quantitative estimate of drug-likeness (QED) is 0.500. The number of aliphatic imine (C=N–C) groups is 1. The van der Waals surface area contributed by atoms with E-state index in [0.717, 1.165) is 34.6 Å². The van der Waals surface area contributed by atoms with Crippen LogP contribution in [0.25, 0.3) is 0 Å². The molecule has 3 N–H and O–H groups in total. The SMILES string of the molecule is CN=C(NCCC(=O)Nc1cc(Br)ccc1C)NCCC(C)C. The van der Waals surface area contributed by atoms with E-state index in [-0.39, 0.29) is 5.91 Å². The van der Waals surface area contributed by atoms with Crippen LogP contribution in [0.15, 0.2) is 27.7 Å². The van der Waals surface area contributed by atoms with E-state index in [2.05, 4.69) is 50.7 Å². The monoisotopic (exact) mass is 382 g/mol. The van der Waals surface area contributed by atoms with Crippen molar-refractivity contribution in [3.05, 3.63) is 28.2 Å². The highest BCUT2D eigenvalue weighted by Gasteiger charge is 2.06. The van der Waals surface area contributed by atoms with Crippen LogP contribution < -0.4 is 16.0 Å². The number of benzene rings is 1. The highest BCUT2D eigenvalue weighted by molar-refractivity contribution is 9.10. The summed E-state index contributed by atoms with van der Waals surface area (Å²) in [6.07, 6.45) is 1.47. The fourth-order valence-corrected chi connectivity index (χ4v) is 2.30. The van der Waals surface area contributed by atoms with Crippen molar-refractivity contribution in [1.29, 1.82) is 0 Å². The Hall–Kier alpha value is -1.56. The second-order valence-corrected chi connectivity index (χ2v) is 6.78. The van der Waals surface area contributed by atoms with Crippen molar-refractivity contribution in [1.82, 2.24) is 10.6 Å². The number of carbonyl (C=O) groups excluding carboxylic acids is 1. The topological polar surface area (TPSA) is 65.5 Å². The summed E-state index contributed by atoms with van der Waals surface area (Å²) in [6.45, 7) is 7.76. The summed E-state index contributed by atoms with van der Waals surface area (Å²) < 4.78 is 0.950. The average Bonchev–Trinajstić information content (AvgIpc) is 2.49. The van der Waals surface area contributed by atoms with Gasteiger partial charge in [-0.2, -0.15) is 0 Å². The van der Waals surface area contributed by atoms with Gasteiger partial charge in [0.25, 0.3) is 0 Å². The molecular formula is C17H27BrN4O. The summed E-state index contributed by atoms with van der Waals surface area (Å²) in [5.74, 6) is 1.37. The molecule has 0 saturated heterocycles. The van der Waals surface area contributed by atoms with Crippen molar-refractivity contribution in [2.45, 2.75) is 33.6 Å². The lowest BCUT2D eigenvalue weighted by Crippen LogP contribution is -2.39. The Balaban J connectivity index is 2.34. The molecule has 0 fully saturated rings. The first-order valence-electron chi connectivity index (χ1n) is 7.93. The second kappa shape index (κ2) is 10.3. The van der Waals surface area contributed by atoms with Crippen LogP contribution in [0.3, 0.4) is 0 Å². The number of nitrogens with zero attached hydrogens (tertiary/aromatic N) is 1. The summed E-state index contributed by atoms with van der Waals surface area (Å²) >= 11 is 3.41. The van der Waals surface area contributed by atoms with E-state index in [1.165, 1.54) is 0 Å². The van der Waals surface area contributed by atoms with E-state index < -0.39 is 0 Å². The van der Waals surface area contributed by atoms with Crippen molar-refractivity contribution >= 4 is 33.5 Å². The number of rotatable bonds is 7. The van der Waals surface area contributed by atoms with Crippen molar-refractivity contribution in [2.75, 3.05) is 25.5 Å². The number of hydrogen-bond acceptors (Lipinski definition) is 2. The van der Waals surface area contributed by atoms with Gasteiger partial charge in [-0.05, 0) is 37.0 Å². The predicted molar refractivity (Wildman–Crippen MR) is 101 cm³/mol. The Morgan fingerprint density at radius 1 is 1.26 bits per heavy atom.